The molecule has 11 heteroatoms. The van der Waals surface area contributed by atoms with Crippen LogP contribution in [-0.2, 0) is 21.4 Å². The third kappa shape index (κ3) is 4.91. The molecule has 2 amide bonds. The Kier molecular flexibility index (Phi) is 7.04. The van der Waals surface area contributed by atoms with Crippen LogP contribution in [0.2, 0.25) is 0 Å². The summed E-state index contributed by atoms with van der Waals surface area (Å²) in [7, 11) is -2.07. The summed E-state index contributed by atoms with van der Waals surface area (Å²) in [6.07, 6.45) is 0.603. The summed E-state index contributed by atoms with van der Waals surface area (Å²) < 4.78 is 44.3. The van der Waals surface area contributed by atoms with Gasteiger partial charge in [-0.15, -0.1) is 0 Å². The number of anilines is 1. The lowest BCUT2D eigenvalue weighted by Gasteiger charge is -2.43. The molecule has 3 N–H and O–H groups in total. The van der Waals surface area contributed by atoms with Crippen molar-refractivity contribution in [2.24, 2.45) is 0 Å². The average molecular weight is 482 g/mol. The predicted octanol–water partition coefficient (Wildman–Crippen LogP) is 1.38. The van der Waals surface area contributed by atoms with Gasteiger partial charge in [-0.2, -0.15) is 17.0 Å². The van der Waals surface area contributed by atoms with Gasteiger partial charge in [0.15, 0.2) is 6.30 Å². The first-order chi connectivity index (χ1) is 15.7. The van der Waals surface area contributed by atoms with Crippen LogP contribution in [0.4, 0.5) is 10.1 Å². The van der Waals surface area contributed by atoms with E-state index in [1.807, 2.05) is 14.0 Å². The molecule has 0 bridgehead atoms. The van der Waals surface area contributed by atoms with Crippen molar-refractivity contribution in [3.8, 4) is 0 Å². The van der Waals surface area contributed by atoms with E-state index in [4.69, 9.17) is 0 Å². The van der Waals surface area contributed by atoms with Crippen molar-refractivity contribution in [1.29, 1.82) is 0 Å². The zero-order valence-corrected chi connectivity index (χ0v) is 19.8. The summed E-state index contributed by atoms with van der Waals surface area (Å²) in [5, 5.41) is 8.76. The smallest absolute Gasteiger partial charge is 0.284 e. The number of hydrogen-bond acceptors (Lipinski definition) is 5. The number of piperidine rings is 2. The highest BCUT2D eigenvalue weighted by molar-refractivity contribution is 7.86. The van der Waals surface area contributed by atoms with Crippen molar-refractivity contribution >= 4 is 27.7 Å². The molecule has 0 saturated carbocycles. The van der Waals surface area contributed by atoms with E-state index in [0.717, 1.165) is 9.87 Å². The SMILES string of the molecule is CC[C@H]1C[C@@H](NC(=O)c2ccc3c(c2)CC(=O)N3)C[C@@H](F)N1S(=O)(=O)N1CCC(NC)CC1. The molecule has 182 valence electrons. The van der Waals surface area contributed by atoms with Gasteiger partial charge in [0.1, 0.15) is 0 Å². The van der Waals surface area contributed by atoms with Gasteiger partial charge in [-0.05, 0) is 56.5 Å². The first-order valence-electron chi connectivity index (χ1n) is 11.6. The van der Waals surface area contributed by atoms with Crippen molar-refractivity contribution in [1.82, 2.24) is 19.2 Å². The highest BCUT2D eigenvalue weighted by Gasteiger charge is 2.45. The fourth-order valence-corrected chi connectivity index (χ4v) is 6.97. The maximum Gasteiger partial charge on any atom is 0.284 e. The van der Waals surface area contributed by atoms with Crippen LogP contribution >= 0.6 is 0 Å². The second-order valence-corrected chi connectivity index (χ2v) is 10.9. The number of halogens is 1. The minimum atomic E-state index is -3.93. The minimum Gasteiger partial charge on any atom is -0.349 e. The monoisotopic (exact) mass is 481 g/mol. The van der Waals surface area contributed by atoms with Crippen molar-refractivity contribution < 1.29 is 22.4 Å². The number of alkyl halides is 1. The number of rotatable bonds is 6. The molecule has 0 aromatic heterocycles. The van der Waals surface area contributed by atoms with Gasteiger partial charge in [0.2, 0.25) is 5.91 Å². The van der Waals surface area contributed by atoms with Gasteiger partial charge in [-0.1, -0.05) is 6.92 Å². The molecule has 3 aliphatic heterocycles. The number of nitrogens with zero attached hydrogens (tertiary/aromatic N) is 2. The third-order valence-corrected chi connectivity index (χ3v) is 9.00. The first kappa shape index (κ1) is 24.1. The molecular formula is C22H32FN5O4S. The van der Waals surface area contributed by atoms with Gasteiger partial charge in [0.25, 0.3) is 16.1 Å². The molecule has 3 heterocycles. The van der Waals surface area contributed by atoms with Crippen molar-refractivity contribution in [2.75, 3.05) is 25.5 Å². The topological polar surface area (TPSA) is 111 Å². The summed E-state index contributed by atoms with van der Waals surface area (Å²) in [4.78, 5) is 24.3. The van der Waals surface area contributed by atoms with Crippen molar-refractivity contribution in [3.05, 3.63) is 29.3 Å². The van der Waals surface area contributed by atoms with E-state index in [1.165, 1.54) is 4.31 Å². The van der Waals surface area contributed by atoms with E-state index in [9.17, 15) is 18.0 Å². The predicted molar refractivity (Wildman–Crippen MR) is 123 cm³/mol. The quantitative estimate of drug-likeness (QED) is 0.532. The highest BCUT2D eigenvalue weighted by atomic mass is 32.2. The van der Waals surface area contributed by atoms with Crippen LogP contribution in [0.1, 0.15) is 54.9 Å². The summed E-state index contributed by atoms with van der Waals surface area (Å²) in [5.41, 5.74) is 1.85. The lowest BCUT2D eigenvalue weighted by molar-refractivity contribution is -0.115. The van der Waals surface area contributed by atoms with Crippen LogP contribution in [0, 0.1) is 0 Å². The number of benzene rings is 1. The maximum absolute atomic E-state index is 15.3. The van der Waals surface area contributed by atoms with Crippen LogP contribution in [0.5, 0.6) is 0 Å². The molecule has 0 unspecified atom stereocenters. The van der Waals surface area contributed by atoms with E-state index in [2.05, 4.69) is 16.0 Å². The largest absolute Gasteiger partial charge is 0.349 e. The molecular weight excluding hydrogens is 449 g/mol. The second kappa shape index (κ2) is 9.65. The molecule has 33 heavy (non-hydrogen) atoms. The molecule has 2 saturated heterocycles. The van der Waals surface area contributed by atoms with Gasteiger partial charge in [-0.3, -0.25) is 9.59 Å². The van der Waals surface area contributed by atoms with Crippen LogP contribution in [-0.4, -0.2) is 73.4 Å². The van der Waals surface area contributed by atoms with E-state index in [0.29, 0.717) is 50.0 Å². The molecule has 0 spiro atoms. The number of nitrogens with one attached hydrogen (secondary N) is 3. The van der Waals surface area contributed by atoms with Crippen LogP contribution in [0.15, 0.2) is 18.2 Å². The van der Waals surface area contributed by atoms with E-state index < -0.39 is 28.6 Å². The Bertz CT molecular complexity index is 1010. The van der Waals surface area contributed by atoms with Gasteiger partial charge in [0, 0.05) is 48.9 Å². The Labute approximate surface area is 194 Å². The number of amides is 2. The third-order valence-electron chi connectivity index (χ3n) is 6.93. The number of carbonyl (C=O) groups is 2. The Balaban J connectivity index is 1.42. The Morgan fingerprint density at radius 2 is 1.94 bits per heavy atom. The summed E-state index contributed by atoms with van der Waals surface area (Å²) in [5.74, 6) is -0.466. The van der Waals surface area contributed by atoms with E-state index in [1.54, 1.807) is 18.2 Å². The molecule has 2 fully saturated rings. The Morgan fingerprint density at radius 3 is 2.61 bits per heavy atom. The molecule has 0 aliphatic carbocycles. The van der Waals surface area contributed by atoms with Gasteiger partial charge >= 0.3 is 0 Å². The number of carbonyl (C=O) groups excluding carboxylic acids is 2. The molecule has 4 rings (SSSR count). The lowest BCUT2D eigenvalue weighted by atomic mass is 9.96. The van der Waals surface area contributed by atoms with Gasteiger partial charge < -0.3 is 16.0 Å². The fourth-order valence-electron chi connectivity index (χ4n) is 5.04. The lowest BCUT2D eigenvalue weighted by Crippen LogP contribution is -2.59. The van der Waals surface area contributed by atoms with Crippen LogP contribution in [0.3, 0.4) is 0 Å². The summed E-state index contributed by atoms with van der Waals surface area (Å²) in [6, 6.07) is 4.24. The molecule has 1 aromatic carbocycles. The first-order valence-corrected chi connectivity index (χ1v) is 13.0. The molecule has 9 nitrogen and oxygen atoms in total. The Morgan fingerprint density at radius 1 is 1.21 bits per heavy atom. The second-order valence-electron chi connectivity index (χ2n) is 9.03. The molecule has 0 radical (unpaired) electrons. The molecule has 3 aliphatic rings. The van der Waals surface area contributed by atoms with E-state index in [-0.39, 0.29) is 30.7 Å². The number of hydrogen-bond donors (Lipinski definition) is 3. The standard InChI is InChI=1S/C22H32FN5O4S/c1-3-18-12-17(25-22(30)14-4-5-19-15(10-14)11-21(29)26-19)13-20(23)28(18)33(31,32)27-8-6-16(24-2)7-9-27/h4-5,10,16-18,20,24H,3,6-9,11-13H2,1-2H3,(H,25,30)(H,26,29)/t17-,18+,20+/m1/s1. The molecule has 3 atom stereocenters. The van der Waals surface area contributed by atoms with Gasteiger partial charge in [0.05, 0.1) is 6.42 Å². The average Bonchev–Trinajstić information content (AvgIpc) is 3.17. The van der Waals surface area contributed by atoms with Crippen molar-refractivity contribution in [2.45, 2.75) is 69.9 Å². The minimum absolute atomic E-state index is 0.0978. The fraction of sp³-hybridized carbons (Fsp3) is 0.636. The normalized spacial score (nSPS) is 27.2. The number of fused-ring (bicyclic) bond motifs is 1. The Hall–Kier alpha value is -2.08. The van der Waals surface area contributed by atoms with Crippen LogP contribution < -0.4 is 16.0 Å². The van der Waals surface area contributed by atoms with Gasteiger partial charge in [-0.25, -0.2) is 4.39 Å². The highest BCUT2D eigenvalue weighted by Crippen LogP contribution is 2.32. The zero-order valence-electron chi connectivity index (χ0n) is 19.0. The summed E-state index contributed by atoms with van der Waals surface area (Å²) in [6.45, 7) is 2.56. The zero-order chi connectivity index (χ0) is 23.8. The van der Waals surface area contributed by atoms with E-state index >= 15 is 4.39 Å². The van der Waals surface area contributed by atoms with Crippen LogP contribution in [0.25, 0.3) is 0 Å². The van der Waals surface area contributed by atoms with Crippen molar-refractivity contribution in [3.63, 3.8) is 0 Å². The molecule has 1 aromatic rings. The summed E-state index contributed by atoms with van der Waals surface area (Å²) >= 11 is 0. The maximum atomic E-state index is 15.3.